The second-order valence-corrected chi connectivity index (χ2v) is 1.62. The van der Waals surface area contributed by atoms with Crippen LogP contribution in [0.15, 0.2) is 0 Å². The first kappa shape index (κ1) is 16.9. The molecule has 4 heteroatoms. The SMILES string of the molecule is CCN(CC)CC.Cl.[O]=[Al]. The second-order valence-electron chi connectivity index (χ2n) is 1.62. The Morgan fingerprint density at radius 1 is 1.00 bits per heavy atom. The van der Waals surface area contributed by atoms with Crippen molar-refractivity contribution in [2.24, 2.45) is 0 Å². The number of hydrogen-bond donors (Lipinski definition) is 0. The predicted molar refractivity (Wildman–Crippen MR) is 47.2 cm³/mol. The van der Waals surface area contributed by atoms with E-state index in [0.717, 1.165) is 0 Å². The third kappa shape index (κ3) is 11.4. The van der Waals surface area contributed by atoms with Crippen molar-refractivity contribution in [2.75, 3.05) is 19.6 Å². The molecule has 61 valence electrons. The molecule has 2 nitrogen and oxygen atoms in total. The van der Waals surface area contributed by atoms with Crippen LogP contribution in [0, 0.1) is 0 Å². The molecule has 0 saturated heterocycles. The van der Waals surface area contributed by atoms with Crippen molar-refractivity contribution >= 4 is 28.6 Å². The van der Waals surface area contributed by atoms with Gasteiger partial charge in [0.05, 0.1) is 0 Å². The maximum absolute atomic E-state index is 8.17. The molecule has 0 atom stereocenters. The number of halogens is 1. The van der Waals surface area contributed by atoms with E-state index in [1.54, 1.807) is 0 Å². The molecular weight excluding hydrogens is 165 g/mol. The zero-order valence-electron chi connectivity index (χ0n) is 6.96. The van der Waals surface area contributed by atoms with Gasteiger partial charge in [-0.3, -0.25) is 0 Å². The molecule has 0 fully saturated rings. The molecule has 0 N–H and O–H groups in total. The molecule has 10 heavy (non-hydrogen) atoms. The normalized spacial score (nSPS) is 7.50. The molecule has 0 aromatic carbocycles. The zero-order valence-corrected chi connectivity index (χ0v) is 8.93. The zero-order chi connectivity index (χ0) is 7.70. The van der Waals surface area contributed by atoms with Gasteiger partial charge in [0.2, 0.25) is 0 Å². The van der Waals surface area contributed by atoms with Crippen LogP contribution in [0.4, 0.5) is 0 Å². The van der Waals surface area contributed by atoms with E-state index in [1.807, 2.05) is 0 Å². The van der Waals surface area contributed by atoms with E-state index < -0.39 is 0 Å². The fourth-order valence-corrected chi connectivity index (χ4v) is 0.671. The summed E-state index contributed by atoms with van der Waals surface area (Å²) in [7, 11) is 0. The van der Waals surface area contributed by atoms with Crippen molar-refractivity contribution in [3.63, 3.8) is 0 Å². The molecule has 0 rings (SSSR count). The molecular formula is C6H16AlClNO. The van der Waals surface area contributed by atoms with Gasteiger partial charge in [0.15, 0.2) is 0 Å². The molecule has 0 bridgehead atoms. The molecule has 0 amide bonds. The van der Waals surface area contributed by atoms with Crippen molar-refractivity contribution in [2.45, 2.75) is 20.8 Å². The van der Waals surface area contributed by atoms with Crippen LogP contribution in [0.5, 0.6) is 0 Å². The first-order chi connectivity index (χ1) is 4.35. The van der Waals surface area contributed by atoms with Crippen molar-refractivity contribution in [3.8, 4) is 0 Å². The third-order valence-electron chi connectivity index (χ3n) is 1.34. The Morgan fingerprint density at radius 3 is 1.20 bits per heavy atom. The van der Waals surface area contributed by atoms with Gasteiger partial charge in [0.1, 0.15) is 0 Å². The Labute approximate surface area is 78.0 Å². The van der Waals surface area contributed by atoms with Crippen LogP contribution < -0.4 is 0 Å². The van der Waals surface area contributed by atoms with E-state index in [-0.39, 0.29) is 12.4 Å². The quantitative estimate of drug-likeness (QED) is 0.610. The van der Waals surface area contributed by atoms with Crippen LogP contribution in [-0.4, -0.2) is 40.8 Å². The Kier molecular flexibility index (Phi) is 27.5. The summed E-state index contributed by atoms with van der Waals surface area (Å²) in [5.74, 6) is 0. The summed E-state index contributed by atoms with van der Waals surface area (Å²) in [5.41, 5.74) is 0. The second kappa shape index (κ2) is 16.3. The average Bonchev–Trinajstić information content (AvgIpc) is 1.96. The van der Waals surface area contributed by atoms with E-state index in [0.29, 0.717) is 0 Å². The number of hydrogen-bond acceptors (Lipinski definition) is 2. The molecule has 0 aromatic heterocycles. The Bertz CT molecular complexity index is 47.5. The third-order valence-corrected chi connectivity index (χ3v) is 1.34. The van der Waals surface area contributed by atoms with Crippen molar-refractivity contribution in [1.82, 2.24) is 4.90 Å². The van der Waals surface area contributed by atoms with Crippen LogP contribution in [0.3, 0.4) is 0 Å². The summed E-state index contributed by atoms with van der Waals surface area (Å²) in [5, 5.41) is 0. The van der Waals surface area contributed by atoms with Gasteiger partial charge in [-0.1, -0.05) is 20.8 Å². The van der Waals surface area contributed by atoms with Crippen LogP contribution >= 0.6 is 12.4 Å². The van der Waals surface area contributed by atoms with E-state index in [1.165, 1.54) is 35.9 Å². The predicted octanol–water partition coefficient (Wildman–Crippen LogP) is 1.27. The molecule has 0 heterocycles. The molecule has 0 aliphatic carbocycles. The van der Waals surface area contributed by atoms with Crippen LogP contribution in [0.1, 0.15) is 20.8 Å². The maximum atomic E-state index is 8.17. The van der Waals surface area contributed by atoms with Gasteiger partial charge in [-0.25, -0.2) is 0 Å². The average molecular weight is 181 g/mol. The van der Waals surface area contributed by atoms with Gasteiger partial charge in [-0.2, -0.15) is 0 Å². The van der Waals surface area contributed by atoms with Crippen LogP contribution in [-0.2, 0) is 3.80 Å². The monoisotopic (exact) mass is 180 g/mol. The summed E-state index contributed by atoms with van der Waals surface area (Å²) >= 11 is 1.17. The molecule has 0 saturated carbocycles. The van der Waals surface area contributed by atoms with E-state index in [4.69, 9.17) is 3.80 Å². The summed E-state index contributed by atoms with van der Waals surface area (Å²) in [6.07, 6.45) is 0. The summed E-state index contributed by atoms with van der Waals surface area (Å²) < 4.78 is 8.17. The van der Waals surface area contributed by atoms with Crippen molar-refractivity contribution < 1.29 is 3.80 Å². The van der Waals surface area contributed by atoms with Crippen LogP contribution in [0.2, 0.25) is 0 Å². The fourth-order valence-electron chi connectivity index (χ4n) is 0.671. The standard InChI is InChI=1S/C6H15N.Al.ClH.O/c1-4-7(5-2)6-3;;;/h4-6H2,1-3H3;;1H;. The minimum atomic E-state index is 0. The van der Waals surface area contributed by atoms with Gasteiger partial charge in [0, 0.05) is 0 Å². The molecule has 0 aliphatic heterocycles. The Hall–Kier alpha value is 0.582. The minimum absolute atomic E-state index is 0. The molecule has 0 aromatic rings. The molecule has 1 radical (unpaired) electrons. The number of rotatable bonds is 3. The Morgan fingerprint density at radius 2 is 1.20 bits per heavy atom. The molecule has 0 unspecified atom stereocenters. The van der Waals surface area contributed by atoms with E-state index in [2.05, 4.69) is 25.7 Å². The molecule has 0 aliphatic rings. The van der Waals surface area contributed by atoms with Gasteiger partial charge < -0.3 is 4.90 Å². The van der Waals surface area contributed by atoms with Crippen LogP contribution in [0.25, 0.3) is 0 Å². The first-order valence-corrected chi connectivity index (χ1v) is 3.78. The van der Waals surface area contributed by atoms with Crippen molar-refractivity contribution in [3.05, 3.63) is 0 Å². The fraction of sp³-hybridized carbons (Fsp3) is 1.00. The summed E-state index contributed by atoms with van der Waals surface area (Å²) in [4.78, 5) is 2.38. The van der Waals surface area contributed by atoms with Gasteiger partial charge in [-0.15, -0.1) is 12.4 Å². The van der Waals surface area contributed by atoms with E-state index in [9.17, 15) is 0 Å². The van der Waals surface area contributed by atoms with Gasteiger partial charge in [0.25, 0.3) is 0 Å². The number of nitrogens with zero attached hydrogens (tertiary/aromatic N) is 1. The molecule has 0 spiro atoms. The van der Waals surface area contributed by atoms with E-state index >= 15 is 0 Å². The summed E-state index contributed by atoms with van der Waals surface area (Å²) in [6, 6.07) is 0. The first-order valence-electron chi connectivity index (χ1n) is 3.31. The Balaban J connectivity index is -0.000000149. The van der Waals surface area contributed by atoms with Crippen molar-refractivity contribution in [1.29, 1.82) is 0 Å². The van der Waals surface area contributed by atoms with Gasteiger partial charge in [-0.05, 0) is 19.6 Å². The topological polar surface area (TPSA) is 20.3 Å². The van der Waals surface area contributed by atoms with Gasteiger partial charge >= 0.3 is 20.0 Å². The summed E-state index contributed by atoms with van der Waals surface area (Å²) in [6.45, 7) is 10.1.